The quantitative estimate of drug-likeness (QED) is 0.567. The summed E-state index contributed by atoms with van der Waals surface area (Å²) < 4.78 is 0.587. The summed E-state index contributed by atoms with van der Waals surface area (Å²) in [7, 11) is 0. The molecule has 0 rings (SSSR count). The Kier molecular flexibility index (Phi) is 4.34. The molecule has 0 fully saturated rings. The minimum absolute atomic E-state index is 0.263. The largest absolute Gasteiger partial charge is 0.310 e. The van der Waals surface area contributed by atoms with E-state index in [0.717, 1.165) is 26.1 Å². The maximum Gasteiger partial charge on any atom is 0.310 e. The van der Waals surface area contributed by atoms with E-state index >= 15 is 0 Å². The number of nitrogens with zero attached hydrogens (tertiary/aromatic N) is 1. The molecule has 1 amide bonds. The number of amides is 1. The van der Waals surface area contributed by atoms with Crippen LogP contribution >= 0.6 is 0 Å². The van der Waals surface area contributed by atoms with Crippen molar-refractivity contribution < 1.29 is 9.28 Å². The molecular weight excluding hydrogens is 138 g/mol. The van der Waals surface area contributed by atoms with Crippen molar-refractivity contribution in [3.05, 3.63) is 6.92 Å². The highest BCUT2D eigenvalue weighted by Crippen LogP contribution is 2.07. The summed E-state index contributed by atoms with van der Waals surface area (Å²) >= 11 is 0. The van der Waals surface area contributed by atoms with Crippen LogP contribution in [0.4, 0.5) is 0 Å². The lowest BCUT2D eigenvalue weighted by Gasteiger charge is -2.32. The SMILES string of the molecule is [CH2]CC[N+](CC)(CC)C(C)=O. The molecule has 0 aromatic heterocycles. The predicted molar refractivity (Wildman–Crippen MR) is 46.9 cm³/mol. The average molecular weight is 157 g/mol. The second-order valence-corrected chi connectivity index (χ2v) is 2.87. The molecule has 65 valence electrons. The van der Waals surface area contributed by atoms with Crippen LogP contribution in [0.1, 0.15) is 27.2 Å². The molecule has 0 bridgehead atoms. The van der Waals surface area contributed by atoms with Gasteiger partial charge in [0, 0.05) is 0 Å². The van der Waals surface area contributed by atoms with Crippen LogP contribution in [0.25, 0.3) is 0 Å². The number of quaternary nitrogens is 1. The summed E-state index contributed by atoms with van der Waals surface area (Å²) in [6.45, 7) is 12.2. The summed E-state index contributed by atoms with van der Waals surface area (Å²) in [4.78, 5) is 11.3. The minimum Gasteiger partial charge on any atom is -0.261 e. The molecule has 0 aliphatic heterocycles. The van der Waals surface area contributed by atoms with Crippen molar-refractivity contribution in [2.45, 2.75) is 27.2 Å². The monoisotopic (exact) mass is 157 g/mol. The molecule has 0 unspecified atom stereocenters. The molecular formula is C9H19NO+. The van der Waals surface area contributed by atoms with Crippen LogP contribution in [0.2, 0.25) is 0 Å². The first kappa shape index (κ1) is 10.6. The highest BCUT2D eigenvalue weighted by molar-refractivity contribution is 5.65. The van der Waals surface area contributed by atoms with E-state index in [2.05, 4.69) is 20.8 Å². The van der Waals surface area contributed by atoms with Crippen molar-refractivity contribution in [2.24, 2.45) is 0 Å². The van der Waals surface area contributed by atoms with Gasteiger partial charge in [-0.2, -0.15) is 0 Å². The first-order chi connectivity index (χ1) is 5.13. The number of hydrogen-bond acceptors (Lipinski definition) is 1. The van der Waals surface area contributed by atoms with Gasteiger partial charge in [-0.25, -0.2) is 4.79 Å². The zero-order valence-electron chi connectivity index (χ0n) is 7.89. The van der Waals surface area contributed by atoms with E-state index in [-0.39, 0.29) is 5.91 Å². The van der Waals surface area contributed by atoms with Gasteiger partial charge in [0.25, 0.3) is 0 Å². The van der Waals surface area contributed by atoms with Crippen molar-refractivity contribution in [1.82, 2.24) is 0 Å². The molecule has 0 aromatic rings. The summed E-state index contributed by atoms with van der Waals surface area (Å²) in [6.07, 6.45) is 0.835. The molecule has 0 saturated carbocycles. The first-order valence-corrected chi connectivity index (χ1v) is 4.29. The summed E-state index contributed by atoms with van der Waals surface area (Å²) in [5.74, 6) is 0.263. The molecule has 0 N–H and O–H groups in total. The first-order valence-electron chi connectivity index (χ1n) is 4.29. The third kappa shape index (κ3) is 2.29. The molecule has 0 spiro atoms. The van der Waals surface area contributed by atoms with Crippen LogP contribution < -0.4 is 0 Å². The van der Waals surface area contributed by atoms with Crippen molar-refractivity contribution in [3.63, 3.8) is 0 Å². The fourth-order valence-electron chi connectivity index (χ4n) is 1.45. The van der Waals surface area contributed by atoms with E-state index in [9.17, 15) is 4.79 Å². The van der Waals surface area contributed by atoms with Gasteiger partial charge in [0.2, 0.25) is 0 Å². The minimum atomic E-state index is 0.263. The van der Waals surface area contributed by atoms with Crippen LogP contribution in [-0.4, -0.2) is 30.0 Å². The summed E-state index contributed by atoms with van der Waals surface area (Å²) in [5, 5.41) is 0. The molecule has 1 radical (unpaired) electrons. The van der Waals surface area contributed by atoms with E-state index in [1.54, 1.807) is 6.92 Å². The van der Waals surface area contributed by atoms with Crippen LogP contribution in [0, 0.1) is 6.92 Å². The van der Waals surface area contributed by atoms with Crippen molar-refractivity contribution in [2.75, 3.05) is 19.6 Å². The molecule has 0 heterocycles. The summed E-state index contributed by atoms with van der Waals surface area (Å²) in [5.41, 5.74) is 0. The molecule has 2 heteroatoms. The Morgan fingerprint density at radius 3 is 1.91 bits per heavy atom. The van der Waals surface area contributed by atoms with Gasteiger partial charge < -0.3 is 0 Å². The van der Waals surface area contributed by atoms with Gasteiger partial charge in [-0.3, -0.25) is 4.48 Å². The lowest BCUT2D eigenvalue weighted by Crippen LogP contribution is -2.51. The molecule has 0 aromatic carbocycles. The van der Waals surface area contributed by atoms with E-state index in [1.807, 2.05) is 0 Å². The van der Waals surface area contributed by atoms with Gasteiger partial charge in [-0.1, -0.05) is 0 Å². The number of rotatable bonds is 4. The van der Waals surface area contributed by atoms with Gasteiger partial charge in [0.15, 0.2) is 0 Å². The number of hydrogen-bond donors (Lipinski definition) is 0. The third-order valence-corrected chi connectivity index (χ3v) is 2.46. The van der Waals surface area contributed by atoms with E-state index in [4.69, 9.17) is 0 Å². The number of carbonyl (C=O) groups is 1. The second kappa shape index (κ2) is 4.50. The van der Waals surface area contributed by atoms with Crippen LogP contribution in [0.15, 0.2) is 0 Å². The van der Waals surface area contributed by atoms with Gasteiger partial charge >= 0.3 is 5.91 Å². The highest BCUT2D eigenvalue weighted by atomic mass is 16.2. The Balaban J connectivity index is 4.32. The van der Waals surface area contributed by atoms with E-state index in [1.165, 1.54) is 0 Å². The van der Waals surface area contributed by atoms with E-state index in [0.29, 0.717) is 4.48 Å². The maximum atomic E-state index is 11.3. The Hall–Kier alpha value is -0.370. The van der Waals surface area contributed by atoms with Crippen LogP contribution in [0.3, 0.4) is 0 Å². The third-order valence-electron chi connectivity index (χ3n) is 2.46. The van der Waals surface area contributed by atoms with Gasteiger partial charge in [0.1, 0.15) is 0 Å². The maximum absolute atomic E-state index is 11.3. The lowest BCUT2D eigenvalue weighted by atomic mass is 10.3. The standard InChI is InChI=1S/C9H19NO/c1-5-8-10(6-2,7-3)9(4)11/h1,5-8H2,2-4H3/q+1. The normalized spacial score (nSPS) is 11.6. The van der Waals surface area contributed by atoms with Gasteiger partial charge in [-0.05, 0) is 27.2 Å². The Labute approximate surface area is 69.8 Å². The Bertz CT molecular complexity index is 128. The average Bonchev–Trinajstić information content (AvgIpc) is 2.00. The fourth-order valence-corrected chi connectivity index (χ4v) is 1.45. The van der Waals surface area contributed by atoms with Gasteiger partial charge in [0.05, 0.1) is 26.6 Å². The molecule has 2 nitrogen and oxygen atoms in total. The molecule has 0 aliphatic rings. The fraction of sp³-hybridized carbons (Fsp3) is 0.778. The van der Waals surface area contributed by atoms with Crippen molar-refractivity contribution in [1.29, 1.82) is 0 Å². The second-order valence-electron chi connectivity index (χ2n) is 2.87. The predicted octanol–water partition coefficient (Wildman–Crippen LogP) is 1.61. The van der Waals surface area contributed by atoms with Gasteiger partial charge in [-0.15, -0.1) is 0 Å². The molecule has 0 aliphatic carbocycles. The molecule has 11 heavy (non-hydrogen) atoms. The smallest absolute Gasteiger partial charge is 0.261 e. The van der Waals surface area contributed by atoms with Crippen molar-refractivity contribution >= 4 is 5.91 Å². The Morgan fingerprint density at radius 1 is 1.36 bits per heavy atom. The topological polar surface area (TPSA) is 17.1 Å². The zero-order chi connectivity index (χ0) is 8.91. The summed E-state index contributed by atoms with van der Waals surface area (Å²) in [6, 6.07) is 0. The zero-order valence-corrected chi connectivity index (χ0v) is 7.89. The van der Waals surface area contributed by atoms with Crippen molar-refractivity contribution in [3.8, 4) is 0 Å². The number of carbonyl (C=O) groups excluding carboxylic acids is 1. The Morgan fingerprint density at radius 2 is 1.82 bits per heavy atom. The van der Waals surface area contributed by atoms with E-state index < -0.39 is 0 Å². The van der Waals surface area contributed by atoms with Crippen LogP contribution in [0.5, 0.6) is 0 Å². The molecule has 0 saturated heterocycles. The highest BCUT2D eigenvalue weighted by Gasteiger charge is 2.27. The lowest BCUT2D eigenvalue weighted by molar-refractivity contribution is -0.850. The van der Waals surface area contributed by atoms with Crippen LogP contribution in [-0.2, 0) is 4.79 Å². The molecule has 0 atom stereocenters.